The van der Waals surface area contributed by atoms with E-state index in [0.717, 1.165) is 17.9 Å². The fraction of sp³-hybridized carbons (Fsp3) is 0.571. The van der Waals surface area contributed by atoms with Gasteiger partial charge in [-0.15, -0.1) is 0 Å². The fourth-order valence-electron chi connectivity index (χ4n) is 2.00. The van der Waals surface area contributed by atoms with Crippen LogP contribution in [0.3, 0.4) is 0 Å². The molecule has 1 aliphatic rings. The number of carbonyl (C=O) groups excluding carboxylic acids is 1. The van der Waals surface area contributed by atoms with E-state index in [1.165, 1.54) is 0 Å². The first-order valence-corrected chi connectivity index (χ1v) is 6.50. The molecule has 1 aromatic heterocycles. The quantitative estimate of drug-likeness (QED) is 0.891. The number of rotatable bonds is 2. The van der Waals surface area contributed by atoms with Crippen molar-refractivity contribution in [3.63, 3.8) is 0 Å². The molecule has 0 bridgehead atoms. The van der Waals surface area contributed by atoms with Crippen molar-refractivity contribution in [3.05, 3.63) is 24.0 Å². The molecule has 0 aliphatic carbocycles. The Morgan fingerprint density at radius 2 is 2.37 bits per heavy atom. The van der Waals surface area contributed by atoms with E-state index in [2.05, 4.69) is 10.3 Å². The third-order valence-corrected chi connectivity index (χ3v) is 2.80. The Kier molecular flexibility index (Phi) is 3.93. The molecule has 2 heterocycles. The molecule has 19 heavy (non-hydrogen) atoms. The second kappa shape index (κ2) is 5.47. The summed E-state index contributed by atoms with van der Waals surface area (Å²) in [4.78, 5) is 16.0. The summed E-state index contributed by atoms with van der Waals surface area (Å²) >= 11 is 0. The summed E-state index contributed by atoms with van der Waals surface area (Å²) in [6.45, 7) is 6.70. The average molecular weight is 264 g/mol. The van der Waals surface area contributed by atoms with Crippen LogP contribution in [-0.2, 0) is 4.74 Å². The lowest BCUT2D eigenvalue weighted by atomic mass is 9.98. The number of nitrogens with zero attached hydrogens (tertiary/aromatic N) is 1. The highest BCUT2D eigenvalue weighted by atomic mass is 16.6. The van der Waals surface area contributed by atoms with Crippen molar-refractivity contribution in [2.45, 2.75) is 38.7 Å². The first kappa shape index (κ1) is 13.6. The van der Waals surface area contributed by atoms with E-state index in [-0.39, 0.29) is 5.92 Å². The summed E-state index contributed by atoms with van der Waals surface area (Å²) in [5, 5.41) is 2.79. The minimum Gasteiger partial charge on any atom is -0.492 e. The number of hydrogen-bond donors (Lipinski definition) is 1. The number of pyridine rings is 1. The van der Waals surface area contributed by atoms with Crippen LogP contribution in [0, 0.1) is 0 Å². The minimum atomic E-state index is -0.476. The first-order chi connectivity index (χ1) is 8.96. The molecule has 0 saturated heterocycles. The first-order valence-electron chi connectivity index (χ1n) is 6.50. The van der Waals surface area contributed by atoms with Gasteiger partial charge in [-0.05, 0) is 39.3 Å². The summed E-state index contributed by atoms with van der Waals surface area (Å²) in [7, 11) is 0. The van der Waals surface area contributed by atoms with Crippen molar-refractivity contribution in [3.8, 4) is 5.75 Å². The number of carbonyl (C=O) groups is 1. The van der Waals surface area contributed by atoms with Crippen LogP contribution in [0.15, 0.2) is 18.3 Å². The Bertz CT molecular complexity index is 454. The highest BCUT2D eigenvalue weighted by molar-refractivity contribution is 5.67. The highest BCUT2D eigenvalue weighted by Crippen LogP contribution is 2.30. The largest absolute Gasteiger partial charge is 0.492 e. The Hall–Kier alpha value is -1.78. The summed E-state index contributed by atoms with van der Waals surface area (Å²) in [5.74, 6) is 0.988. The molecule has 0 fully saturated rings. The lowest BCUT2D eigenvalue weighted by Gasteiger charge is -2.25. The maximum Gasteiger partial charge on any atom is 0.407 e. The van der Waals surface area contributed by atoms with Crippen LogP contribution in [0.25, 0.3) is 0 Å². The van der Waals surface area contributed by atoms with Gasteiger partial charge >= 0.3 is 6.09 Å². The van der Waals surface area contributed by atoms with Gasteiger partial charge < -0.3 is 14.8 Å². The third kappa shape index (κ3) is 3.84. The molecule has 0 radical (unpaired) electrons. The third-order valence-electron chi connectivity index (χ3n) is 2.80. The second-order valence-corrected chi connectivity index (χ2v) is 5.60. The van der Waals surface area contributed by atoms with Crippen molar-refractivity contribution < 1.29 is 14.3 Å². The van der Waals surface area contributed by atoms with E-state index < -0.39 is 11.7 Å². The van der Waals surface area contributed by atoms with E-state index in [1.807, 2.05) is 32.9 Å². The van der Waals surface area contributed by atoms with E-state index >= 15 is 0 Å². The molecule has 1 aliphatic heterocycles. The van der Waals surface area contributed by atoms with Gasteiger partial charge in [-0.25, -0.2) is 4.79 Å². The molecule has 1 unspecified atom stereocenters. The molecule has 1 atom stereocenters. The lowest BCUT2D eigenvalue weighted by molar-refractivity contribution is 0.0521. The van der Waals surface area contributed by atoms with E-state index in [0.29, 0.717) is 13.2 Å². The zero-order chi connectivity index (χ0) is 13.9. The van der Waals surface area contributed by atoms with Crippen LogP contribution in [-0.4, -0.2) is 29.8 Å². The maximum atomic E-state index is 11.6. The number of hydrogen-bond acceptors (Lipinski definition) is 4. The molecule has 1 amide bonds. The normalized spacial score (nSPS) is 18.2. The van der Waals surface area contributed by atoms with Crippen molar-refractivity contribution in [1.82, 2.24) is 10.3 Å². The van der Waals surface area contributed by atoms with Gasteiger partial charge in [0.05, 0.1) is 12.3 Å². The van der Waals surface area contributed by atoms with E-state index in [1.54, 1.807) is 6.20 Å². The molecule has 5 heteroatoms. The predicted molar refractivity (Wildman–Crippen MR) is 71.3 cm³/mol. The molecule has 1 N–H and O–H groups in total. The zero-order valence-electron chi connectivity index (χ0n) is 11.6. The summed E-state index contributed by atoms with van der Waals surface area (Å²) in [5.41, 5.74) is 0.431. The lowest BCUT2D eigenvalue weighted by Crippen LogP contribution is -2.36. The second-order valence-electron chi connectivity index (χ2n) is 5.60. The van der Waals surface area contributed by atoms with Crippen LogP contribution in [0.2, 0.25) is 0 Å². The van der Waals surface area contributed by atoms with Gasteiger partial charge in [0, 0.05) is 18.7 Å². The molecule has 2 rings (SSSR count). The molecular weight excluding hydrogens is 244 g/mol. The molecular formula is C14H20N2O3. The van der Waals surface area contributed by atoms with Gasteiger partial charge in [-0.1, -0.05) is 0 Å². The highest BCUT2D eigenvalue weighted by Gasteiger charge is 2.24. The van der Waals surface area contributed by atoms with Crippen molar-refractivity contribution in [2.24, 2.45) is 0 Å². The maximum absolute atomic E-state index is 11.6. The molecule has 1 aromatic rings. The van der Waals surface area contributed by atoms with Crippen molar-refractivity contribution in [2.75, 3.05) is 13.2 Å². The number of fused-ring (bicyclic) bond motifs is 1. The monoisotopic (exact) mass is 264 g/mol. The van der Waals surface area contributed by atoms with Gasteiger partial charge in [0.15, 0.2) is 0 Å². The average Bonchev–Trinajstić information content (AvgIpc) is 2.34. The SMILES string of the molecule is CC(C)(C)OC(=O)NCC1CCOc2cccnc21. The Labute approximate surface area is 113 Å². The minimum absolute atomic E-state index is 0.178. The van der Waals surface area contributed by atoms with Crippen LogP contribution in [0.5, 0.6) is 5.75 Å². The molecule has 0 saturated carbocycles. The smallest absolute Gasteiger partial charge is 0.407 e. The van der Waals surface area contributed by atoms with Crippen molar-refractivity contribution >= 4 is 6.09 Å². The van der Waals surface area contributed by atoms with Gasteiger partial charge in [0.25, 0.3) is 0 Å². The Morgan fingerprint density at radius 1 is 1.58 bits per heavy atom. The number of amides is 1. The van der Waals surface area contributed by atoms with E-state index in [9.17, 15) is 4.79 Å². The summed E-state index contributed by atoms with van der Waals surface area (Å²) in [6.07, 6.45) is 2.20. The number of ether oxygens (including phenoxy) is 2. The van der Waals surface area contributed by atoms with Gasteiger partial charge in [-0.2, -0.15) is 0 Å². The predicted octanol–water partition coefficient (Wildman–Crippen LogP) is 2.47. The molecule has 104 valence electrons. The van der Waals surface area contributed by atoms with Gasteiger partial charge in [0.1, 0.15) is 11.4 Å². The van der Waals surface area contributed by atoms with Gasteiger partial charge in [0.2, 0.25) is 0 Å². The Morgan fingerprint density at radius 3 is 3.11 bits per heavy atom. The zero-order valence-corrected chi connectivity index (χ0v) is 11.6. The number of alkyl carbamates (subject to hydrolysis) is 1. The molecule has 0 spiro atoms. The van der Waals surface area contributed by atoms with Crippen LogP contribution in [0.1, 0.15) is 38.8 Å². The standard InChI is InChI=1S/C14H20N2O3/c1-14(2,3)19-13(17)16-9-10-6-8-18-11-5-4-7-15-12(10)11/h4-5,7,10H,6,8-9H2,1-3H3,(H,16,17). The number of aromatic nitrogens is 1. The van der Waals surface area contributed by atoms with Crippen LogP contribution >= 0.6 is 0 Å². The topological polar surface area (TPSA) is 60.5 Å². The van der Waals surface area contributed by atoms with Gasteiger partial charge in [-0.3, -0.25) is 4.98 Å². The summed E-state index contributed by atoms with van der Waals surface area (Å²) < 4.78 is 10.7. The molecule has 5 nitrogen and oxygen atoms in total. The van der Waals surface area contributed by atoms with Crippen LogP contribution in [0.4, 0.5) is 4.79 Å². The fourth-order valence-corrected chi connectivity index (χ4v) is 2.00. The Balaban J connectivity index is 1.93. The van der Waals surface area contributed by atoms with E-state index in [4.69, 9.17) is 9.47 Å². The molecule has 0 aromatic carbocycles. The number of nitrogens with one attached hydrogen (secondary N) is 1. The van der Waals surface area contributed by atoms with Crippen molar-refractivity contribution in [1.29, 1.82) is 0 Å². The van der Waals surface area contributed by atoms with Crippen LogP contribution < -0.4 is 10.1 Å². The summed E-state index contributed by atoms with van der Waals surface area (Å²) in [6, 6.07) is 3.75.